The number of anilines is 1. The maximum atomic E-state index is 13.2. The summed E-state index contributed by atoms with van der Waals surface area (Å²) < 4.78 is 0. The van der Waals surface area contributed by atoms with Crippen molar-refractivity contribution in [1.29, 1.82) is 0 Å². The number of primary amides is 1. The van der Waals surface area contributed by atoms with Crippen LogP contribution in [0.3, 0.4) is 0 Å². The highest BCUT2D eigenvalue weighted by Crippen LogP contribution is 2.40. The molecule has 3 heterocycles. The van der Waals surface area contributed by atoms with Crippen molar-refractivity contribution in [3.05, 3.63) is 58.3 Å². The molecule has 0 spiro atoms. The van der Waals surface area contributed by atoms with Crippen LogP contribution in [0.25, 0.3) is 0 Å². The second-order valence-electron chi connectivity index (χ2n) is 10.9. The third-order valence-corrected chi connectivity index (χ3v) is 8.20. The van der Waals surface area contributed by atoms with Crippen molar-refractivity contribution in [3.8, 4) is 0 Å². The number of fused-ring (bicyclic) bond motifs is 1. The lowest BCUT2D eigenvalue weighted by molar-refractivity contribution is 0.0856. The van der Waals surface area contributed by atoms with E-state index >= 15 is 0 Å². The van der Waals surface area contributed by atoms with Crippen LogP contribution < -0.4 is 21.3 Å². The number of likely N-dealkylation sites (tertiary alicyclic amines) is 1. The Hall–Kier alpha value is -3.46. The fourth-order valence-corrected chi connectivity index (χ4v) is 5.93. The third kappa shape index (κ3) is 5.18. The smallest absolute Gasteiger partial charge is 0.253 e. The maximum absolute atomic E-state index is 13.2. The molecule has 1 aromatic carbocycles. The van der Waals surface area contributed by atoms with E-state index in [1.54, 1.807) is 25.3 Å². The number of aryl methyl sites for hydroxylation is 2. The zero-order chi connectivity index (χ0) is 26.3. The fourth-order valence-electron chi connectivity index (χ4n) is 5.93. The summed E-state index contributed by atoms with van der Waals surface area (Å²) in [6, 6.07) is 7.93. The third-order valence-electron chi connectivity index (χ3n) is 8.20. The summed E-state index contributed by atoms with van der Waals surface area (Å²) in [5, 5.41) is 6.30. The van der Waals surface area contributed by atoms with Gasteiger partial charge < -0.3 is 26.2 Å². The van der Waals surface area contributed by atoms with E-state index in [1.165, 1.54) is 0 Å². The molecular weight excluding hydrogens is 468 g/mol. The van der Waals surface area contributed by atoms with E-state index < -0.39 is 5.91 Å². The highest BCUT2D eigenvalue weighted by molar-refractivity contribution is 5.99. The number of nitrogens with one attached hydrogen (secondary N) is 2. The van der Waals surface area contributed by atoms with Gasteiger partial charge in [-0.25, -0.2) is 4.98 Å². The maximum Gasteiger partial charge on any atom is 0.253 e. The molecule has 37 heavy (non-hydrogen) atoms. The summed E-state index contributed by atoms with van der Waals surface area (Å²) in [6.07, 6.45) is 5.66. The standard InChI is InChI=1S/C28H36N6O3/c1-16-11-23(17(2)10-22(16)26(29)35)28(37)31-20-8-9-34(24-6-4-18(24)12-20)25-7-5-19(13-30-25)27(36)32-21-14-33(3)15-21/h5,7,10-11,13,18,20-21,24H,4,6,8-9,12,14-15H2,1-3H3,(H2,29,35)(H,31,37)(H,32,36). The lowest BCUT2D eigenvalue weighted by Gasteiger charge is -2.43. The molecule has 1 aliphatic carbocycles. The summed E-state index contributed by atoms with van der Waals surface area (Å²) in [6.45, 7) is 6.18. The van der Waals surface area contributed by atoms with Gasteiger partial charge in [0.1, 0.15) is 5.82 Å². The fraction of sp³-hybridized carbons (Fsp3) is 0.500. The first kappa shape index (κ1) is 25.2. The molecule has 5 rings (SSSR count). The second kappa shape index (κ2) is 10.1. The van der Waals surface area contributed by atoms with Crippen LogP contribution in [0.2, 0.25) is 0 Å². The Balaban J connectivity index is 1.23. The molecule has 3 atom stereocenters. The van der Waals surface area contributed by atoms with Gasteiger partial charge in [0.25, 0.3) is 11.8 Å². The molecule has 2 aliphatic heterocycles. The minimum atomic E-state index is -0.485. The van der Waals surface area contributed by atoms with Gasteiger partial charge in [-0.1, -0.05) is 0 Å². The summed E-state index contributed by atoms with van der Waals surface area (Å²) in [5.41, 5.74) is 8.51. The van der Waals surface area contributed by atoms with E-state index in [2.05, 4.69) is 25.4 Å². The van der Waals surface area contributed by atoms with Gasteiger partial charge in [0.2, 0.25) is 5.91 Å². The summed E-state index contributed by atoms with van der Waals surface area (Å²) in [7, 11) is 2.04. The van der Waals surface area contributed by atoms with Gasteiger partial charge >= 0.3 is 0 Å². The highest BCUT2D eigenvalue weighted by atomic mass is 16.2. The highest BCUT2D eigenvalue weighted by Gasteiger charge is 2.40. The van der Waals surface area contributed by atoms with Gasteiger partial charge in [-0.2, -0.15) is 0 Å². The summed E-state index contributed by atoms with van der Waals surface area (Å²) in [4.78, 5) is 46.5. The Bertz CT molecular complexity index is 1210. The molecule has 2 saturated heterocycles. The van der Waals surface area contributed by atoms with Crippen molar-refractivity contribution in [2.75, 3.05) is 31.6 Å². The predicted molar refractivity (Wildman–Crippen MR) is 142 cm³/mol. The number of rotatable bonds is 6. The minimum Gasteiger partial charge on any atom is -0.366 e. The van der Waals surface area contributed by atoms with Gasteiger partial charge in [0, 0.05) is 49.0 Å². The lowest BCUT2D eigenvalue weighted by Crippen LogP contribution is -2.57. The van der Waals surface area contributed by atoms with Gasteiger partial charge in [0.15, 0.2) is 0 Å². The van der Waals surface area contributed by atoms with Gasteiger partial charge in [-0.3, -0.25) is 14.4 Å². The normalized spacial score (nSPS) is 23.8. The second-order valence-corrected chi connectivity index (χ2v) is 10.9. The van der Waals surface area contributed by atoms with Crippen molar-refractivity contribution >= 4 is 23.5 Å². The Morgan fingerprint density at radius 1 is 0.946 bits per heavy atom. The first-order valence-electron chi connectivity index (χ1n) is 13.1. The van der Waals surface area contributed by atoms with Crippen LogP contribution in [-0.2, 0) is 0 Å². The molecule has 4 N–H and O–H groups in total. The predicted octanol–water partition coefficient (Wildman–Crippen LogP) is 2.02. The number of carbonyl (C=O) groups is 3. The number of benzene rings is 1. The van der Waals surface area contributed by atoms with Crippen LogP contribution >= 0.6 is 0 Å². The van der Waals surface area contributed by atoms with E-state index in [-0.39, 0.29) is 23.9 Å². The number of carbonyl (C=O) groups excluding carboxylic acids is 3. The minimum absolute atomic E-state index is 0.0616. The van der Waals surface area contributed by atoms with Crippen LogP contribution in [0.1, 0.15) is 67.9 Å². The van der Waals surface area contributed by atoms with Crippen LogP contribution in [0.15, 0.2) is 30.5 Å². The number of nitrogens with zero attached hydrogens (tertiary/aromatic N) is 3. The average molecular weight is 505 g/mol. The zero-order valence-corrected chi connectivity index (χ0v) is 21.8. The first-order chi connectivity index (χ1) is 17.7. The molecule has 2 aromatic rings. The van der Waals surface area contributed by atoms with Gasteiger partial charge in [-0.05, 0) is 87.9 Å². The van der Waals surface area contributed by atoms with E-state index in [9.17, 15) is 14.4 Å². The molecule has 9 nitrogen and oxygen atoms in total. The molecule has 3 fully saturated rings. The zero-order valence-electron chi connectivity index (χ0n) is 21.8. The van der Waals surface area contributed by atoms with Gasteiger partial charge in [-0.15, -0.1) is 0 Å². The Morgan fingerprint density at radius 3 is 2.27 bits per heavy atom. The molecule has 3 amide bonds. The van der Waals surface area contributed by atoms with Crippen LogP contribution in [-0.4, -0.2) is 72.4 Å². The number of hydrogen-bond donors (Lipinski definition) is 3. The Labute approximate surface area is 217 Å². The van der Waals surface area contributed by atoms with Crippen LogP contribution in [0.4, 0.5) is 5.82 Å². The van der Waals surface area contributed by atoms with E-state index in [4.69, 9.17) is 5.73 Å². The van der Waals surface area contributed by atoms with Gasteiger partial charge in [0.05, 0.1) is 11.6 Å². The molecule has 1 aromatic heterocycles. The molecule has 9 heteroatoms. The largest absolute Gasteiger partial charge is 0.366 e. The molecule has 0 bridgehead atoms. The van der Waals surface area contributed by atoms with E-state index in [0.717, 1.165) is 56.7 Å². The van der Waals surface area contributed by atoms with Crippen molar-refractivity contribution < 1.29 is 14.4 Å². The molecule has 3 aliphatic rings. The Morgan fingerprint density at radius 2 is 1.65 bits per heavy atom. The monoisotopic (exact) mass is 504 g/mol. The number of hydrogen-bond acceptors (Lipinski definition) is 6. The molecule has 196 valence electrons. The average Bonchev–Trinajstić information content (AvgIpc) is 2.95. The van der Waals surface area contributed by atoms with Crippen LogP contribution in [0.5, 0.6) is 0 Å². The number of nitrogens with two attached hydrogens (primary N) is 1. The number of likely N-dealkylation sites (N-methyl/N-ethyl adjacent to an activating group) is 1. The topological polar surface area (TPSA) is 121 Å². The van der Waals surface area contributed by atoms with Crippen molar-refractivity contribution in [2.45, 2.75) is 57.7 Å². The van der Waals surface area contributed by atoms with Crippen molar-refractivity contribution in [2.24, 2.45) is 11.7 Å². The summed E-state index contributed by atoms with van der Waals surface area (Å²) >= 11 is 0. The molecule has 0 radical (unpaired) electrons. The number of aromatic nitrogens is 1. The van der Waals surface area contributed by atoms with Crippen LogP contribution in [0, 0.1) is 19.8 Å². The first-order valence-corrected chi connectivity index (χ1v) is 13.1. The van der Waals surface area contributed by atoms with Crippen molar-refractivity contribution in [3.63, 3.8) is 0 Å². The number of pyridine rings is 1. The quantitative estimate of drug-likeness (QED) is 0.554. The molecule has 1 saturated carbocycles. The SMILES string of the molecule is Cc1cc(C(=O)NC2CCN(c3ccc(C(=O)NC4CN(C)C4)cn3)C3CCC3C2)c(C)cc1C(N)=O. The Kier molecular flexibility index (Phi) is 6.90. The number of amides is 3. The molecule has 3 unspecified atom stereocenters. The molecular formula is C28H36N6O3. The van der Waals surface area contributed by atoms with Crippen molar-refractivity contribution in [1.82, 2.24) is 20.5 Å². The van der Waals surface area contributed by atoms with E-state index in [1.807, 2.05) is 26.1 Å². The summed E-state index contributed by atoms with van der Waals surface area (Å²) in [5.74, 6) is 0.702. The van der Waals surface area contributed by atoms with E-state index in [0.29, 0.717) is 34.2 Å². The lowest BCUT2D eigenvalue weighted by atomic mass is 9.76.